The van der Waals surface area contributed by atoms with E-state index in [1.807, 2.05) is 0 Å². The van der Waals surface area contributed by atoms with E-state index in [2.05, 4.69) is 0 Å². The van der Waals surface area contributed by atoms with Gasteiger partial charge in [-0.2, -0.15) is 13.2 Å². The predicted octanol–water partition coefficient (Wildman–Crippen LogP) is 3.82. The van der Waals surface area contributed by atoms with Crippen LogP contribution in [0.2, 0.25) is 0 Å². The number of hydrogen-bond acceptors (Lipinski definition) is 1. The van der Waals surface area contributed by atoms with Crippen LogP contribution in [0, 0.1) is 0 Å². The Morgan fingerprint density at radius 3 is 2.41 bits per heavy atom. The summed E-state index contributed by atoms with van der Waals surface area (Å²) < 4.78 is 40.0. The molecule has 0 radical (unpaired) electrons. The van der Waals surface area contributed by atoms with E-state index >= 15 is 0 Å². The Labute approximate surface area is 126 Å². The van der Waals surface area contributed by atoms with Crippen molar-refractivity contribution in [1.29, 1.82) is 0 Å². The van der Waals surface area contributed by atoms with E-state index in [4.69, 9.17) is 0 Å². The molecular weight excluding hydrogens is 293 g/mol. The highest BCUT2D eigenvalue weighted by Gasteiger charge is 2.31. The molecule has 1 aliphatic rings. The van der Waals surface area contributed by atoms with Crippen molar-refractivity contribution in [3.8, 4) is 0 Å². The Morgan fingerprint density at radius 1 is 1.09 bits per heavy atom. The minimum Gasteiger partial charge on any atom is -0.340 e. The molecule has 1 amide bonds. The third kappa shape index (κ3) is 2.58. The van der Waals surface area contributed by atoms with Crippen LogP contribution < -0.4 is 0 Å². The fourth-order valence-corrected chi connectivity index (χ4v) is 2.99. The van der Waals surface area contributed by atoms with Crippen molar-refractivity contribution in [3.63, 3.8) is 0 Å². The molecule has 1 aromatic carbocycles. The first-order valence-electron chi connectivity index (χ1n) is 7.34. The van der Waals surface area contributed by atoms with Crippen LogP contribution in [0.4, 0.5) is 13.2 Å². The number of alkyl halides is 3. The van der Waals surface area contributed by atoms with Gasteiger partial charge in [-0.15, -0.1) is 0 Å². The monoisotopic (exact) mass is 310 g/mol. The molecule has 2 aromatic rings. The molecule has 0 N–H and O–H groups in total. The topological polar surface area (TPSA) is 25.2 Å². The van der Waals surface area contributed by atoms with E-state index in [1.54, 1.807) is 22.6 Å². The van der Waals surface area contributed by atoms with Crippen LogP contribution in [-0.4, -0.2) is 28.5 Å². The molecule has 0 spiro atoms. The lowest BCUT2D eigenvalue weighted by atomic mass is 10.1. The normalized spacial score (nSPS) is 16.3. The number of benzene rings is 1. The molecule has 1 saturated heterocycles. The molecule has 3 nitrogen and oxygen atoms in total. The van der Waals surface area contributed by atoms with Gasteiger partial charge >= 0.3 is 6.18 Å². The lowest BCUT2D eigenvalue weighted by Crippen LogP contribution is -2.36. The van der Waals surface area contributed by atoms with E-state index in [0.29, 0.717) is 29.7 Å². The lowest BCUT2D eigenvalue weighted by Gasteiger charge is -2.26. The number of aryl methyl sites for hydroxylation is 1. The highest BCUT2D eigenvalue weighted by Crippen LogP contribution is 2.32. The van der Waals surface area contributed by atoms with Gasteiger partial charge in [-0.3, -0.25) is 4.79 Å². The summed E-state index contributed by atoms with van der Waals surface area (Å²) in [4.78, 5) is 14.3. The molecule has 0 aliphatic carbocycles. The number of likely N-dealkylation sites (tertiary alicyclic amines) is 1. The van der Waals surface area contributed by atoms with E-state index in [9.17, 15) is 18.0 Å². The van der Waals surface area contributed by atoms with Gasteiger partial charge in [0.05, 0.1) is 5.56 Å². The Balaban J connectivity index is 2.00. The summed E-state index contributed by atoms with van der Waals surface area (Å²) in [5.41, 5.74) is 0.382. The molecule has 2 heterocycles. The van der Waals surface area contributed by atoms with Crippen molar-refractivity contribution in [3.05, 3.63) is 35.5 Å². The second-order valence-electron chi connectivity index (χ2n) is 5.71. The van der Waals surface area contributed by atoms with Crippen LogP contribution in [0.5, 0.6) is 0 Å². The zero-order valence-corrected chi connectivity index (χ0v) is 12.3. The van der Waals surface area contributed by atoms with Crippen LogP contribution in [-0.2, 0) is 13.2 Å². The van der Waals surface area contributed by atoms with Crippen LogP contribution in [0.15, 0.2) is 24.3 Å². The zero-order chi connectivity index (χ0) is 15.9. The zero-order valence-electron chi connectivity index (χ0n) is 12.3. The third-order valence-corrected chi connectivity index (χ3v) is 4.23. The van der Waals surface area contributed by atoms with Gasteiger partial charge in [-0.25, -0.2) is 0 Å². The van der Waals surface area contributed by atoms with Crippen molar-refractivity contribution in [2.45, 2.75) is 25.4 Å². The first-order chi connectivity index (χ1) is 10.4. The molecular formula is C16H17F3N2O. The van der Waals surface area contributed by atoms with Gasteiger partial charge in [0.2, 0.25) is 0 Å². The van der Waals surface area contributed by atoms with Gasteiger partial charge in [-0.05, 0) is 43.5 Å². The number of fused-ring (bicyclic) bond motifs is 1. The minimum absolute atomic E-state index is 0.105. The van der Waals surface area contributed by atoms with Crippen molar-refractivity contribution in [2.24, 2.45) is 7.05 Å². The van der Waals surface area contributed by atoms with Crippen LogP contribution in [0.25, 0.3) is 10.9 Å². The lowest BCUT2D eigenvalue weighted by molar-refractivity contribution is -0.137. The molecule has 0 bridgehead atoms. The van der Waals surface area contributed by atoms with Crippen LogP contribution >= 0.6 is 0 Å². The molecule has 0 unspecified atom stereocenters. The number of aromatic nitrogens is 1. The van der Waals surface area contributed by atoms with E-state index in [0.717, 1.165) is 31.4 Å². The van der Waals surface area contributed by atoms with Crippen LogP contribution in [0.1, 0.15) is 35.3 Å². The van der Waals surface area contributed by atoms with Gasteiger partial charge in [0.15, 0.2) is 0 Å². The van der Waals surface area contributed by atoms with Crippen molar-refractivity contribution in [1.82, 2.24) is 9.47 Å². The first kappa shape index (κ1) is 14.9. The molecule has 6 heteroatoms. The largest absolute Gasteiger partial charge is 0.416 e. The second-order valence-corrected chi connectivity index (χ2v) is 5.71. The Hall–Kier alpha value is -1.98. The average Bonchev–Trinajstić information content (AvgIpc) is 2.83. The fraction of sp³-hybridized carbons (Fsp3) is 0.438. The number of piperidine rings is 1. The first-order valence-corrected chi connectivity index (χ1v) is 7.34. The van der Waals surface area contributed by atoms with E-state index < -0.39 is 11.7 Å². The maximum absolute atomic E-state index is 12.8. The molecule has 22 heavy (non-hydrogen) atoms. The van der Waals surface area contributed by atoms with E-state index in [-0.39, 0.29) is 5.91 Å². The fourth-order valence-electron chi connectivity index (χ4n) is 2.99. The smallest absolute Gasteiger partial charge is 0.340 e. The van der Waals surface area contributed by atoms with Gasteiger partial charge in [-0.1, -0.05) is 0 Å². The van der Waals surface area contributed by atoms with Crippen molar-refractivity contribution >= 4 is 16.8 Å². The third-order valence-electron chi connectivity index (χ3n) is 4.23. The number of carbonyl (C=O) groups excluding carboxylic acids is 1. The molecule has 1 fully saturated rings. The molecule has 0 atom stereocenters. The minimum atomic E-state index is -4.37. The highest BCUT2D eigenvalue weighted by molar-refractivity contribution is 5.99. The van der Waals surface area contributed by atoms with E-state index in [1.165, 1.54) is 6.07 Å². The summed E-state index contributed by atoms with van der Waals surface area (Å²) in [6.07, 6.45) is -1.29. The standard InChI is InChI=1S/C16H17F3N2O/c1-20-13-6-5-12(16(17,18)19)9-11(13)10-14(20)15(22)21-7-3-2-4-8-21/h5-6,9-10H,2-4,7-8H2,1H3. The number of halogens is 3. The molecule has 3 rings (SSSR count). The summed E-state index contributed by atoms with van der Waals surface area (Å²) in [6, 6.07) is 5.13. The summed E-state index contributed by atoms with van der Waals surface area (Å²) in [7, 11) is 1.72. The summed E-state index contributed by atoms with van der Waals surface area (Å²) >= 11 is 0. The number of rotatable bonds is 1. The van der Waals surface area contributed by atoms with Crippen molar-refractivity contribution < 1.29 is 18.0 Å². The molecule has 0 saturated carbocycles. The second kappa shape index (κ2) is 5.34. The highest BCUT2D eigenvalue weighted by atomic mass is 19.4. The molecule has 118 valence electrons. The van der Waals surface area contributed by atoms with Gasteiger partial charge in [0.25, 0.3) is 5.91 Å². The average molecular weight is 310 g/mol. The predicted molar refractivity (Wildman–Crippen MR) is 77.7 cm³/mol. The van der Waals surface area contributed by atoms with Crippen LogP contribution in [0.3, 0.4) is 0 Å². The SMILES string of the molecule is Cn1c(C(=O)N2CCCCC2)cc2cc(C(F)(F)F)ccc21. The number of amides is 1. The van der Waals surface area contributed by atoms with Gasteiger partial charge < -0.3 is 9.47 Å². The quantitative estimate of drug-likeness (QED) is 0.786. The van der Waals surface area contributed by atoms with Crippen molar-refractivity contribution in [2.75, 3.05) is 13.1 Å². The summed E-state index contributed by atoms with van der Waals surface area (Å²) in [5, 5.41) is 0.442. The molecule has 1 aliphatic heterocycles. The Kier molecular flexibility index (Phi) is 3.62. The Morgan fingerprint density at radius 2 is 1.77 bits per heavy atom. The molecule has 1 aromatic heterocycles. The summed E-state index contributed by atoms with van der Waals surface area (Å²) in [5.74, 6) is -0.105. The number of hydrogen-bond donors (Lipinski definition) is 0. The summed E-state index contributed by atoms with van der Waals surface area (Å²) in [6.45, 7) is 1.43. The Bertz CT molecular complexity index is 712. The maximum atomic E-state index is 12.8. The number of nitrogens with zero attached hydrogens (tertiary/aromatic N) is 2. The maximum Gasteiger partial charge on any atom is 0.416 e. The van der Waals surface area contributed by atoms with Gasteiger partial charge in [0.1, 0.15) is 5.69 Å². The number of carbonyl (C=O) groups is 1. The van der Waals surface area contributed by atoms with Gasteiger partial charge in [0, 0.05) is 31.0 Å².